The van der Waals surface area contributed by atoms with Gasteiger partial charge in [0.05, 0.1) is 39.9 Å². The van der Waals surface area contributed by atoms with Crippen molar-refractivity contribution in [1.82, 2.24) is 0 Å². The molecule has 0 bridgehead atoms. The van der Waals surface area contributed by atoms with Gasteiger partial charge in [0, 0.05) is 11.5 Å². The molecule has 0 amide bonds. The molecule has 2 radical (unpaired) electrons. The van der Waals surface area contributed by atoms with Crippen molar-refractivity contribution >= 4 is 14.1 Å². The molecule has 0 fully saturated rings. The maximum absolute atomic E-state index is 14.7. The summed E-state index contributed by atoms with van der Waals surface area (Å²) in [4.78, 5) is 7.30. The molecule has 2 aromatic carbocycles. The van der Waals surface area contributed by atoms with E-state index in [0.29, 0.717) is 6.61 Å². The molecule has 2 rings (SSSR count). The number of hydrogen-bond acceptors (Lipinski definition) is 5. The van der Waals surface area contributed by atoms with Gasteiger partial charge >= 0.3 is 0 Å². The van der Waals surface area contributed by atoms with Crippen LogP contribution in [0.2, 0.25) is 5.82 Å². The summed E-state index contributed by atoms with van der Waals surface area (Å²) in [6, 6.07) is 15.3. The van der Waals surface area contributed by atoms with Crippen molar-refractivity contribution in [3.63, 3.8) is 0 Å². The van der Waals surface area contributed by atoms with Gasteiger partial charge in [0.25, 0.3) is 0 Å². The lowest BCUT2D eigenvalue weighted by Crippen LogP contribution is -2.34. The molecule has 0 heterocycles. The van der Waals surface area contributed by atoms with E-state index >= 15 is 0 Å². The summed E-state index contributed by atoms with van der Waals surface area (Å²) in [5, 5.41) is 7.01. The third kappa shape index (κ3) is 8.80. The van der Waals surface area contributed by atoms with E-state index in [0.717, 1.165) is 28.5 Å². The van der Waals surface area contributed by atoms with Crippen LogP contribution in [-0.2, 0) is 34.1 Å². The zero-order valence-electron chi connectivity index (χ0n) is 17.7. The minimum atomic E-state index is -1.57. The number of hydrogen-bond donors (Lipinski definition) is 0. The van der Waals surface area contributed by atoms with Crippen LogP contribution < -0.4 is 0 Å². The highest BCUT2D eigenvalue weighted by molar-refractivity contribution is 6.12. The lowest BCUT2D eigenvalue weighted by Gasteiger charge is -2.26. The van der Waals surface area contributed by atoms with Crippen LogP contribution in [0.4, 0.5) is 4.39 Å². The van der Waals surface area contributed by atoms with E-state index in [-0.39, 0.29) is 19.8 Å². The summed E-state index contributed by atoms with van der Waals surface area (Å²) in [5.41, 5.74) is 12.3. The van der Waals surface area contributed by atoms with Crippen LogP contribution in [0.1, 0.15) is 22.3 Å². The molecule has 0 saturated carbocycles. The van der Waals surface area contributed by atoms with Crippen LogP contribution >= 0.6 is 0 Å². The van der Waals surface area contributed by atoms with E-state index in [4.69, 9.17) is 22.9 Å². The first-order valence-corrected chi connectivity index (χ1v) is 9.83. The number of benzene rings is 2. The lowest BCUT2D eigenvalue weighted by molar-refractivity contribution is -0.0158. The Kier molecular flexibility index (Phi) is 10.6. The Morgan fingerprint density at radius 2 is 1.68 bits per heavy atom. The maximum atomic E-state index is 14.7. The normalized spacial score (nSPS) is 14.0. The molecule has 0 aliphatic rings. The molecule has 0 aliphatic heterocycles. The molecule has 31 heavy (non-hydrogen) atoms. The summed E-state index contributed by atoms with van der Waals surface area (Å²) in [6.45, 7) is 2.92. The number of rotatable bonds is 13. The third-order valence-corrected chi connectivity index (χ3v) is 4.53. The van der Waals surface area contributed by atoms with Crippen LogP contribution in [0.5, 0.6) is 0 Å². The molecule has 0 spiro atoms. The molecule has 9 heteroatoms. The van der Waals surface area contributed by atoms with Gasteiger partial charge < -0.3 is 14.3 Å². The van der Waals surface area contributed by atoms with Gasteiger partial charge in [0.2, 0.25) is 0 Å². The molecular weight excluding hydrogens is 398 g/mol. The summed E-state index contributed by atoms with van der Waals surface area (Å²) in [6.07, 6.45) is -1.52. The first-order chi connectivity index (χ1) is 15.0. The molecule has 2 aromatic rings. The Labute approximate surface area is 183 Å². The predicted octanol–water partition coefficient (Wildman–Crippen LogP) is 4.83. The second-order valence-corrected chi connectivity index (χ2v) is 7.03. The summed E-state index contributed by atoms with van der Waals surface area (Å²) in [7, 11) is 7.52. The van der Waals surface area contributed by atoms with E-state index in [9.17, 15) is 4.39 Å². The van der Waals surface area contributed by atoms with Crippen LogP contribution in [0.15, 0.2) is 58.8 Å². The maximum Gasteiger partial charge on any atom is 0.164 e. The van der Waals surface area contributed by atoms with Crippen molar-refractivity contribution < 1.29 is 18.7 Å². The van der Waals surface area contributed by atoms with Gasteiger partial charge in [-0.3, -0.25) is 0 Å². The highest BCUT2D eigenvalue weighted by atomic mass is 19.1. The zero-order valence-corrected chi connectivity index (χ0v) is 17.7. The van der Waals surface area contributed by atoms with E-state index < -0.39 is 18.1 Å². The monoisotopic (exact) mass is 424 g/mol. The summed E-state index contributed by atoms with van der Waals surface area (Å²) in [5.74, 6) is -0.715. The molecule has 3 atom stereocenters. The van der Waals surface area contributed by atoms with Crippen molar-refractivity contribution in [2.24, 2.45) is 10.3 Å². The predicted molar refractivity (Wildman–Crippen MR) is 119 cm³/mol. The average molecular weight is 424 g/mol. The summed E-state index contributed by atoms with van der Waals surface area (Å²) < 4.78 is 26.1. The fraction of sp³-hybridized carbons (Fsp3) is 0.409. The Hall–Kier alpha value is -2.87. The highest BCUT2D eigenvalue weighted by Gasteiger charge is 2.27. The van der Waals surface area contributed by atoms with Gasteiger partial charge in [-0.15, -0.1) is 0 Å². The molecule has 0 N–H and O–H groups in total. The zero-order chi connectivity index (χ0) is 22.5. The number of ether oxygens (including phenoxy) is 2. The number of azide groups is 1. The second-order valence-electron chi connectivity index (χ2n) is 7.03. The molecule has 0 aliphatic carbocycles. The van der Waals surface area contributed by atoms with Gasteiger partial charge in [0.15, 0.2) is 6.17 Å². The van der Waals surface area contributed by atoms with E-state index in [2.05, 4.69) is 20.0 Å². The van der Waals surface area contributed by atoms with Crippen molar-refractivity contribution in [3.8, 4) is 0 Å². The first kappa shape index (κ1) is 24.4. The molecule has 0 unspecified atom stereocenters. The lowest BCUT2D eigenvalue weighted by atomic mass is 9.81. The Bertz CT molecular complexity index is 858. The Morgan fingerprint density at radius 3 is 2.32 bits per heavy atom. The minimum absolute atomic E-state index is 0.116. The third-order valence-electron chi connectivity index (χ3n) is 4.53. The highest BCUT2D eigenvalue weighted by Crippen LogP contribution is 2.20. The number of alkyl halides is 1. The number of nitrogens with zero attached hydrogens (tertiary/aromatic N) is 4. The van der Waals surface area contributed by atoms with Crippen molar-refractivity contribution in [2.75, 3.05) is 13.7 Å². The Balaban J connectivity index is 1.94. The van der Waals surface area contributed by atoms with Gasteiger partial charge in [-0.1, -0.05) is 64.4 Å². The second kappa shape index (κ2) is 13.4. The van der Waals surface area contributed by atoms with Crippen LogP contribution in [0, 0.1) is 6.92 Å². The van der Waals surface area contributed by atoms with Gasteiger partial charge in [-0.05, 0) is 35.0 Å². The molecule has 0 saturated heterocycles. The van der Waals surface area contributed by atoms with E-state index in [1.165, 1.54) is 7.11 Å². The quantitative estimate of drug-likeness (QED) is 0.115. The molecule has 0 aromatic heterocycles. The minimum Gasteiger partial charge on any atom is -0.399 e. The van der Waals surface area contributed by atoms with Gasteiger partial charge in [0.1, 0.15) is 7.11 Å². The SMILES string of the molecule is [B][C@@H](COCc1ccc(C)cc1)[C@@H](OCc1ccc(CN=[N+]=[N-])cc1)[C@H](F)/C=N\OC. The van der Waals surface area contributed by atoms with E-state index in [1.54, 1.807) is 0 Å². The number of oxime groups is 1. The van der Waals surface area contributed by atoms with Crippen molar-refractivity contribution in [3.05, 3.63) is 81.2 Å². The smallest absolute Gasteiger partial charge is 0.164 e. The van der Waals surface area contributed by atoms with Crippen LogP contribution in [-0.4, -0.2) is 40.1 Å². The van der Waals surface area contributed by atoms with Gasteiger partial charge in [-0.2, -0.15) is 0 Å². The largest absolute Gasteiger partial charge is 0.399 e. The topological polar surface area (TPSA) is 88.8 Å². The fourth-order valence-corrected chi connectivity index (χ4v) is 2.79. The van der Waals surface area contributed by atoms with Gasteiger partial charge in [-0.25, -0.2) is 4.39 Å². The number of halogens is 1. The first-order valence-electron chi connectivity index (χ1n) is 9.83. The molecule has 162 valence electrons. The standard InChI is InChI=1S/C22H26BFN4O3/c1-16-3-5-18(6-4-16)13-30-15-20(23)22(21(24)12-27-29-2)31-14-19-9-7-17(8-10-19)11-26-28-25/h3-10,12,20-22H,11,13-15H2,1-2H3/b27-12-/t20-,21+,22+/m0/s1. The summed E-state index contributed by atoms with van der Waals surface area (Å²) >= 11 is 0. The molecule has 7 nitrogen and oxygen atoms in total. The van der Waals surface area contributed by atoms with Crippen LogP contribution in [0.25, 0.3) is 10.4 Å². The van der Waals surface area contributed by atoms with Crippen LogP contribution in [0.3, 0.4) is 0 Å². The molecular formula is C22H26BFN4O3. The average Bonchev–Trinajstić information content (AvgIpc) is 2.78. The fourth-order valence-electron chi connectivity index (χ4n) is 2.79. The van der Waals surface area contributed by atoms with Crippen molar-refractivity contribution in [1.29, 1.82) is 0 Å². The van der Waals surface area contributed by atoms with E-state index in [1.807, 2.05) is 55.5 Å². The number of aryl methyl sites for hydroxylation is 1. The Morgan fingerprint density at radius 1 is 1.06 bits per heavy atom. The van der Waals surface area contributed by atoms with Crippen molar-refractivity contribution in [2.45, 2.75) is 44.8 Å².